The van der Waals surface area contributed by atoms with Gasteiger partial charge in [-0.25, -0.2) is 13.2 Å². The molecule has 2 N–H and O–H groups in total. The van der Waals surface area contributed by atoms with Crippen molar-refractivity contribution in [3.05, 3.63) is 17.9 Å². The molecule has 7 heteroatoms. The molecule has 0 aliphatic rings. The second-order valence-corrected chi connectivity index (χ2v) is 3.54. The van der Waals surface area contributed by atoms with Gasteiger partial charge in [0, 0.05) is 5.57 Å². The van der Waals surface area contributed by atoms with Crippen LogP contribution in [0.1, 0.15) is 20.3 Å². The first-order valence-corrected chi connectivity index (χ1v) is 4.90. The van der Waals surface area contributed by atoms with Crippen LogP contribution in [-0.4, -0.2) is 24.0 Å². The molecular weight excluding hydrogens is 219 g/mol. The van der Waals surface area contributed by atoms with Crippen LogP contribution in [0.3, 0.4) is 0 Å². The first-order valence-electron chi connectivity index (χ1n) is 3.40. The van der Waals surface area contributed by atoms with Crippen molar-refractivity contribution in [3.8, 4) is 0 Å². The van der Waals surface area contributed by atoms with Gasteiger partial charge in [0.1, 0.15) is 10.1 Å². The van der Waals surface area contributed by atoms with Gasteiger partial charge in [-0.15, -0.1) is 0 Å². The Balaban J connectivity index is -0.000000163. The Bertz CT molecular complexity index is 258. The molecule has 0 aliphatic carbocycles. The van der Waals surface area contributed by atoms with Gasteiger partial charge in [-0.3, -0.25) is 0 Å². The molecule has 0 aliphatic heterocycles. The Morgan fingerprint density at radius 3 is 1.79 bits per heavy atom. The van der Waals surface area contributed by atoms with Gasteiger partial charge < -0.3 is 9.66 Å². The van der Waals surface area contributed by atoms with Crippen LogP contribution in [0.2, 0.25) is 0 Å². The Morgan fingerprint density at radius 1 is 1.50 bits per heavy atom. The Kier molecular flexibility index (Phi) is 13.6. The van der Waals surface area contributed by atoms with Crippen LogP contribution in [0.5, 0.6) is 0 Å². The molecular formula is C7H13NaO5S. The van der Waals surface area contributed by atoms with Crippen LogP contribution in [-0.2, 0) is 14.9 Å². The van der Waals surface area contributed by atoms with E-state index in [1.165, 1.54) is 6.92 Å². The SMILES string of the molecule is C=C(C)C(=O)O.CC[CH-]S(=O)(=O)O.[Na+]. The van der Waals surface area contributed by atoms with E-state index >= 15 is 0 Å². The van der Waals surface area contributed by atoms with E-state index in [1.54, 1.807) is 6.92 Å². The smallest absolute Gasteiger partial charge is 0.478 e. The van der Waals surface area contributed by atoms with E-state index in [4.69, 9.17) is 9.66 Å². The normalized spacial score (nSPS) is 9.07. The second-order valence-electron chi connectivity index (χ2n) is 2.18. The monoisotopic (exact) mass is 232 g/mol. The van der Waals surface area contributed by atoms with Crippen LogP contribution < -0.4 is 29.6 Å². The van der Waals surface area contributed by atoms with E-state index in [-0.39, 0.29) is 35.1 Å². The summed E-state index contributed by atoms with van der Waals surface area (Å²) in [5, 5.41) is 7.89. The van der Waals surface area contributed by atoms with Gasteiger partial charge in [-0.05, 0) is 6.92 Å². The summed E-state index contributed by atoms with van der Waals surface area (Å²) in [6.07, 6.45) is 0.346. The molecule has 0 unspecified atom stereocenters. The molecule has 0 aromatic carbocycles. The summed E-state index contributed by atoms with van der Waals surface area (Å²) in [6, 6.07) is 0. The fourth-order valence-corrected chi connectivity index (χ4v) is 0.632. The number of hydrogen-bond donors (Lipinski definition) is 2. The van der Waals surface area contributed by atoms with E-state index < -0.39 is 16.1 Å². The molecule has 0 radical (unpaired) electrons. The summed E-state index contributed by atoms with van der Waals surface area (Å²) >= 11 is 0. The minimum absolute atomic E-state index is 0. The largest absolute Gasteiger partial charge is 1.00 e. The minimum Gasteiger partial charge on any atom is -0.478 e. The Hall–Kier alpha value is 0.120. The zero-order valence-corrected chi connectivity index (χ0v) is 11.3. The third-order valence-corrected chi connectivity index (χ3v) is 1.50. The number of hydrogen-bond acceptors (Lipinski definition) is 3. The van der Waals surface area contributed by atoms with Gasteiger partial charge in [0.25, 0.3) is 0 Å². The quantitative estimate of drug-likeness (QED) is 0.256. The fourth-order valence-electron chi connectivity index (χ4n) is 0.211. The number of rotatable bonds is 3. The van der Waals surface area contributed by atoms with Crippen molar-refractivity contribution in [2.24, 2.45) is 0 Å². The summed E-state index contributed by atoms with van der Waals surface area (Å²) in [5.41, 5.74) is 0.176. The van der Waals surface area contributed by atoms with E-state index in [1.807, 2.05) is 0 Å². The number of carboxylic acid groups (broad SMARTS) is 1. The Labute approximate surface area is 106 Å². The fraction of sp³-hybridized carbons (Fsp3) is 0.429. The molecule has 0 atom stereocenters. The number of aliphatic carboxylic acids is 1. The average molecular weight is 232 g/mol. The van der Waals surface area contributed by atoms with Gasteiger partial charge in [0.05, 0.1) is 0 Å². The molecule has 0 aromatic rings. The third-order valence-electron chi connectivity index (χ3n) is 0.742. The molecule has 0 amide bonds. The third kappa shape index (κ3) is 22.7. The van der Waals surface area contributed by atoms with Crippen LogP contribution in [0.25, 0.3) is 0 Å². The summed E-state index contributed by atoms with van der Waals surface area (Å²) < 4.78 is 27.4. The van der Waals surface area contributed by atoms with Crippen molar-refractivity contribution < 1.29 is 52.4 Å². The molecule has 0 spiro atoms. The van der Waals surface area contributed by atoms with E-state index in [0.29, 0.717) is 6.42 Å². The zero-order chi connectivity index (χ0) is 11.1. The van der Waals surface area contributed by atoms with Crippen molar-refractivity contribution in [2.45, 2.75) is 20.3 Å². The predicted octanol–water partition coefficient (Wildman–Crippen LogP) is -1.90. The van der Waals surface area contributed by atoms with Crippen LogP contribution in [0.15, 0.2) is 12.2 Å². The van der Waals surface area contributed by atoms with Crippen molar-refractivity contribution in [1.82, 2.24) is 0 Å². The maximum atomic E-state index is 9.73. The van der Waals surface area contributed by atoms with Crippen molar-refractivity contribution in [1.29, 1.82) is 0 Å². The molecule has 5 nitrogen and oxygen atoms in total. The van der Waals surface area contributed by atoms with Crippen molar-refractivity contribution >= 4 is 16.1 Å². The molecule has 0 aromatic heterocycles. The molecule has 0 saturated heterocycles. The zero-order valence-electron chi connectivity index (χ0n) is 8.52. The van der Waals surface area contributed by atoms with Crippen molar-refractivity contribution in [2.75, 3.05) is 0 Å². The molecule has 78 valence electrons. The van der Waals surface area contributed by atoms with Crippen LogP contribution in [0.4, 0.5) is 0 Å². The van der Waals surface area contributed by atoms with Gasteiger partial charge in [0.2, 0.25) is 0 Å². The molecule has 14 heavy (non-hydrogen) atoms. The van der Waals surface area contributed by atoms with Gasteiger partial charge in [0.15, 0.2) is 0 Å². The molecule has 0 saturated carbocycles. The molecule has 0 fully saturated rings. The average Bonchev–Trinajstić information content (AvgIpc) is 1.85. The molecule has 0 heterocycles. The number of carbonyl (C=O) groups is 1. The van der Waals surface area contributed by atoms with Gasteiger partial charge in [-0.1, -0.05) is 13.5 Å². The standard InChI is InChI=1S/C4H6O2.C3H7O3S.Na/c1-3(2)4(5)6;1-2-3-7(4,5)6;/h1H2,2H3,(H,5,6);3H,2H2,1H3,(H,4,5,6);/q;-1;+1. The number of carboxylic acids is 1. The van der Waals surface area contributed by atoms with E-state index in [9.17, 15) is 13.2 Å². The second kappa shape index (κ2) is 9.67. The minimum atomic E-state index is -3.80. The Morgan fingerprint density at radius 2 is 1.79 bits per heavy atom. The predicted molar refractivity (Wildman–Crippen MR) is 48.6 cm³/mol. The summed E-state index contributed by atoms with van der Waals surface area (Å²) in [4.78, 5) is 9.60. The van der Waals surface area contributed by atoms with E-state index in [0.717, 1.165) is 5.75 Å². The maximum Gasteiger partial charge on any atom is 1.00 e. The van der Waals surface area contributed by atoms with Crippen LogP contribution >= 0.6 is 0 Å². The summed E-state index contributed by atoms with van der Waals surface area (Å²) in [6.45, 7) is 6.23. The summed E-state index contributed by atoms with van der Waals surface area (Å²) in [7, 11) is -3.80. The van der Waals surface area contributed by atoms with Crippen molar-refractivity contribution in [3.63, 3.8) is 0 Å². The topological polar surface area (TPSA) is 91.7 Å². The molecule has 0 rings (SSSR count). The molecule has 0 bridgehead atoms. The summed E-state index contributed by atoms with van der Waals surface area (Å²) in [5.74, 6) is -0.0949. The van der Waals surface area contributed by atoms with Crippen LogP contribution in [0, 0.1) is 5.75 Å². The van der Waals surface area contributed by atoms with Gasteiger partial charge >= 0.3 is 35.5 Å². The maximum absolute atomic E-state index is 9.73. The first kappa shape index (κ1) is 19.7. The first-order chi connectivity index (χ1) is 5.70. The van der Waals surface area contributed by atoms with Gasteiger partial charge in [-0.2, -0.15) is 12.2 Å². The van der Waals surface area contributed by atoms with E-state index in [2.05, 4.69) is 6.58 Å².